The number of piperazine rings is 1. The zero-order valence-electron chi connectivity index (χ0n) is 17.3. The van der Waals surface area contributed by atoms with Crippen molar-refractivity contribution in [2.75, 3.05) is 54.1 Å². The Morgan fingerprint density at radius 3 is 2.61 bits per heavy atom. The lowest BCUT2D eigenvalue weighted by Gasteiger charge is -2.36. The number of hydrogen-bond acceptors (Lipinski definition) is 8. The molecule has 2 aromatic heterocycles. The third kappa shape index (κ3) is 4.06. The number of nitrogens with one attached hydrogen (secondary N) is 1. The molecule has 0 bridgehead atoms. The first kappa shape index (κ1) is 19.4. The first-order valence-corrected chi connectivity index (χ1v) is 11.0. The molecule has 0 radical (unpaired) electrons. The highest BCUT2D eigenvalue weighted by atomic mass is 32.1. The minimum absolute atomic E-state index is 0.677. The van der Waals surface area contributed by atoms with Crippen LogP contribution in [0.4, 0.5) is 28.0 Å². The van der Waals surface area contributed by atoms with Gasteiger partial charge in [0.2, 0.25) is 0 Å². The maximum atomic E-state index is 5.93. The van der Waals surface area contributed by atoms with Gasteiger partial charge in [0.05, 0.1) is 23.0 Å². The van der Waals surface area contributed by atoms with Crippen LogP contribution in [0, 0.1) is 0 Å². The Hall–Kier alpha value is -3.52. The van der Waals surface area contributed by atoms with E-state index >= 15 is 0 Å². The van der Waals surface area contributed by atoms with E-state index in [1.54, 1.807) is 18.4 Å². The molecule has 3 N–H and O–H groups in total. The molecule has 1 aliphatic heterocycles. The van der Waals surface area contributed by atoms with Crippen LogP contribution >= 0.6 is 11.3 Å². The Morgan fingerprint density at radius 1 is 1.00 bits per heavy atom. The molecule has 0 atom stereocenters. The average molecular weight is 433 g/mol. The van der Waals surface area contributed by atoms with E-state index in [0.29, 0.717) is 5.69 Å². The second kappa shape index (κ2) is 8.31. The van der Waals surface area contributed by atoms with Crippen LogP contribution in [0.3, 0.4) is 0 Å². The van der Waals surface area contributed by atoms with Crippen LogP contribution in [0.1, 0.15) is 0 Å². The predicted molar refractivity (Wildman–Crippen MR) is 129 cm³/mol. The third-order valence-corrected chi connectivity index (χ3v) is 6.41. The molecule has 158 valence electrons. The summed E-state index contributed by atoms with van der Waals surface area (Å²) in [7, 11) is 1.65. The van der Waals surface area contributed by atoms with Gasteiger partial charge in [0.1, 0.15) is 11.6 Å². The normalized spacial score (nSPS) is 14.1. The van der Waals surface area contributed by atoms with Crippen LogP contribution < -0.4 is 25.6 Å². The molecule has 1 aliphatic rings. The van der Waals surface area contributed by atoms with E-state index in [2.05, 4.69) is 44.4 Å². The van der Waals surface area contributed by atoms with E-state index < -0.39 is 0 Å². The fourth-order valence-corrected chi connectivity index (χ4v) is 4.70. The van der Waals surface area contributed by atoms with Crippen LogP contribution in [0.25, 0.3) is 10.2 Å². The van der Waals surface area contributed by atoms with Gasteiger partial charge >= 0.3 is 0 Å². The van der Waals surface area contributed by atoms with Crippen molar-refractivity contribution in [3.8, 4) is 5.75 Å². The second-order valence-electron chi connectivity index (χ2n) is 7.42. The topological polar surface area (TPSA) is 79.5 Å². The number of fused-ring (bicyclic) bond motifs is 1. The summed E-state index contributed by atoms with van der Waals surface area (Å²) in [6, 6.07) is 18.1. The summed E-state index contributed by atoms with van der Waals surface area (Å²) in [4.78, 5) is 14.0. The van der Waals surface area contributed by atoms with Crippen molar-refractivity contribution in [3.05, 3.63) is 60.8 Å². The number of methoxy groups -OCH3 is 1. The molecule has 4 aromatic rings. The molecule has 0 spiro atoms. The molecule has 1 saturated heterocycles. The van der Waals surface area contributed by atoms with E-state index in [4.69, 9.17) is 15.5 Å². The van der Waals surface area contributed by atoms with Gasteiger partial charge in [-0.15, -0.1) is 0 Å². The highest BCUT2D eigenvalue weighted by Gasteiger charge is 2.19. The van der Waals surface area contributed by atoms with Crippen molar-refractivity contribution in [1.82, 2.24) is 9.97 Å². The number of ether oxygens (including phenoxy) is 1. The molecule has 7 nitrogen and oxygen atoms in total. The minimum Gasteiger partial charge on any atom is -0.495 e. The quantitative estimate of drug-likeness (QED) is 0.454. The van der Waals surface area contributed by atoms with Crippen molar-refractivity contribution in [3.63, 3.8) is 0 Å². The molecule has 3 heterocycles. The van der Waals surface area contributed by atoms with Crippen LogP contribution in [0.15, 0.2) is 60.8 Å². The fraction of sp³-hybridized carbons (Fsp3) is 0.217. The third-order valence-electron chi connectivity index (χ3n) is 5.45. The van der Waals surface area contributed by atoms with Crippen LogP contribution in [0.5, 0.6) is 5.75 Å². The van der Waals surface area contributed by atoms with Gasteiger partial charge in [-0.1, -0.05) is 17.4 Å². The Kier molecular flexibility index (Phi) is 5.21. The Labute approximate surface area is 185 Å². The van der Waals surface area contributed by atoms with E-state index in [-0.39, 0.29) is 0 Å². The van der Waals surface area contributed by atoms with Gasteiger partial charge in [-0.25, -0.2) is 9.97 Å². The van der Waals surface area contributed by atoms with Gasteiger partial charge in [-0.3, -0.25) is 0 Å². The molecule has 0 aliphatic carbocycles. The lowest BCUT2D eigenvalue weighted by atomic mass is 10.2. The summed E-state index contributed by atoms with van der Waals surface area (Å²) in [5.41, 5.74) is 9.61. The highest BCUT2D eigenvalue weighted by Crippen LogP contribution is 2.35. The van der Waals surface area contributed by atoms with Crippen molar-refractivity contribution in [2.45, 2.75) is 0 Å². The molecule has 0 unspecified atom stereocenters. The molecule has 8 heteroatoms. The van der Waals surface area contributed by atoms with Crippen molar-refractivity contribution < 1.29 is 4.74 Å². The minimum atomic E-state index is 0.677. The second-order valence-corrected chi connectivity index (χ2v) is 8.45. The number of anilines is 5. The first-order chi connectivity index (χ1) is 15.2. The van der Waals surface area contributed by atoms with Gasteiger partial charge < -0.3 is 25.6 Å². The van der Waals surface area contributed by atoms with E-state index in [1.807, 2.05) is 36.5 Å². The Morgan fingerprint density at radius 2 is 1.84 bits per heavy atom. The van der Waals surface area contributed by atoms with Crippen molar-refractivity contribution in [2.24, 2.45) is 0 Å². The number of benzene rings is 2. The highest BCUT2D eigenvalue weighted by molar-refractivity contribution is 7.22. The molecular formula is C23H24N6OS. The van der Waals surface area contributed by atoms with E-state index in [9.17, 15) is 0 Å². The molecular weight excluding hydrogens is 408 g/mol. The summed E-state index contributed by atoms with van der Waals surface area (Å²) in [5.74, 6) is 1.78. The number of hydrogen-bond donors (Lipinski definition) is 2. The number of rotatable bonds is 5. The summed E-state index contributed by atoms with van der Waals surface area (Å²) >= 11 is 1.62. The largest absolute Gasteiger partial charge is 0.495 e. The number of nitrogen functional groups attached to an aromatic ring is 1. The van der Waals surface area contributed by atoms with Crippen LogP contribution in [-0.2, 0) is 0 Å². The van der Waals surface area contributed by atoms with Gasteiger partial charge in [0.25, 0.3) is 0 Å². The molecule has 5 rings (SSSR count). The molecule has 0 amide bonds. The SMILES string of the molecule is COc1ccc(N)cc1Nc1nc2cc(N3CCN(c4ccccn4)CC3)ccc2s1. The number of nitrogens with two attached hydrogens (primary N) is 1. The smallest absolute Gasteiger partial charge is 0.188 e. The van der Waals surface area contributed by atoms with E-state index in [1.165, 1.54) is 5.69 Å². The number of aromatic nitrogens is 2. The fourth-order valence-electron chi connectivity index (χ4n) is 3.84. The number of nitrogens with zero attached hydrogens (tertiary/aromatic N) is 4. The van der Waals surface area contributed by atoms with E-state index in [0.717, 1.165) is 58.8 Å². The van der Waals surface area contributed by atoms with Gasteiger partial charge in [-0.05, 0) is 48.5 Å². The first-order valence-electron chi connectivity index (χ1n) is 10.2. The maximum Gasteiger partial charge on any atom is 0.188 e. The lowest BCUT2D eigenvalue weighted by molar-refractivity contribution is 0.417. The lowest BCUT2D eigenvalue weighted by Crippen LogP contribution is -2.46. The Balaban J connectivity index is 1.32. The molecule has 2 aromatic carbocycles. The van der Waals surface area contributed by atoms with Gasteiger partial charge in [0.15, 0.2) is 5.13 Å². The zero-order valence-corrected chi connectivity index (χ0v) is 18.1. The van der Waals surface area contributed by atoms with Crippen molar-refractivity contribution >= 4 is 49.6 Å². The summed E-state index contributed by atoms with van der Waals surface area (Å²) in [5, 5.41) is 4.17. The summed E-state index contributed by atoms with van der Waals surface area (Å²) in [6.45, 7) is 3.82. The van der Waals surface area contributed by atoms with Crippen LogP contribution in [-0.4, -0.2) is 43.3 Å². The monoisotopic (exact) mass is 432 g/mol. The zero-order chi connectivity index (χ0) is 21.2. The molecule has 0 saturated carbocycles. The van der Waals surface area contributed by atoms with Crippen molar-refractivity contribution in [1.29, 1.82) is 0 Å². The average Bonchev–Trinajstić information content (AvgIpc) is 3.21. The standard InChI is InChI=1S/C23H24N6OS/c1-30-20-7-5-16(24)14-18(20)26-23-27-19-15-17(6-8-21(19)31-23)28-10-12-29(13-11-28)22-4-2-3-9-25-22/h2-9,14-15H,10-13,24H2,1H3,(H,26,27). The van der Waals surface area contributed by atoms with Crippen LogP contribution in [0.2, 0.25) is 0 Å². The van der Waals surface area contributed by atoms with Gasteiger partial charge in [0, 0.05) is 43.8 Å². The maximum absolute atomic E-state index is 5.93. The summed E-state index contributed by atoms with van der Waals surface area (Å²) in [6.07, 6.45) is 1.85. The van der Waals surface area contributed by atoms with Gasteiger partial charge in [-0.2, -0.15) is 0 Å². The number of thiazole rings is 1. The molecule has 1 fully saturated rings. The molecule has 31 heavy (non-hydrogen) atoms. The predicted octanol–water partition coefficient (Wildman–Crippen LogP) is 4.35. The number of pyridine rings is 1. The summed E-state index contributed by atoms with van der Waals surface area (Å²) < 4.78 is 6.57. The Bertz CT molecular complexity index is 1190.